The van der Waals surface area contributed by atoms with Crippen molar-refractivity contribution < 1.29 is 19.1 Å². The molecule has 1 N–H and O–H groups in total. The Morgan fingerprint density at radius 1 is 1.08 bits per heavy atom. The molecule has 4 aromatic rings. The summed E-state index contributed by atoms with van der Waals surface area (Å²) in [5.74, 6) is 0.568. The number of aromatic amines is 1. The van der Waals surface area contributed by atoms with Crippen molar-refractivity contribution in [3.8, 4) is 11.5 Å². The summed E-state index contributed by atoms with van der Waals surface area (Å²) in [6.45, 7) is 1.34. The fraction of sp³-hybridized carbons (Fsp3) is 0.179. The van der Waals surface area contributed by atoms with E-state index in [4.69, 9.17) is 21.7 Å². The lowest BCUT2D eigenvalue weighted by atomic mass is 9.89. The summed E-state index contributed by atoms with van der Waals surface area (Å²) >= 11 is 9.55. The molecule has 7 nitrogen and oxygen atoms in total. The SMILES string of the molecule is COc1ccc(C2c3[nH]c4ccc(Br)cc4c3CC3C(=O)N(c4cccc(OC(C)=O)c4)C(=S)N32)cc1. The standard InChI is InChI=1S/C28H22BrN3O4S/c1-15(33)36-20-5-3-4-18(13-20)31-27(34)24-14-22-21-12-17(29)8-11-23(21)30-25(22)26(32(24)28(31)37)16-6-9-19(35-2)10-7-16/h3-13,24,26,30H,14H2,1-2H3. The van der Waals surface area contributed by atoms with Crippen molar-refractivity contribution in [3.05, 3.63) is 88.0 Å². The molecule has 3 heterocycles. The van der Waals surface area contributed by atoms with Gasteiger partial charge < -0.3 is 19.4 Å². The Morgan fingerprint density at radius 3 is 2.59 bits per heavy atom. The zero-order valence-electron chi connectivity index (χ0n) is 20.0. The van der Waals surface area contributed by atoms with E-state index in [1.54, 1.807) is 36.3 Å². The maximum atomic E-state index is 13.9. The molecule has 2 unspecified atom stereocenters. The van der Waals surface area contributed by atoms with Crippen molar-refractivity contribution in [1.29, 1.82) is 0 Å². The number of nitrogens with one attached hydrogen (secondary N) is 1. The number of methoxy groups -OCH3 is 1. The lowest BCUT2D eigenvalue weighted by molar-refractivity contribution is -0.131. The number of amides is 1. The molecule has 1 amide bonds. The number of ether oxygens (including phenoxy) is 2. The zero-order valence-corrected chi connectivity index (χ0v) is 22.4. The van der Waals surface area contributed by atoms with Crippen LogP contribution in [-0.4, -0.2) is 40.0 Å². The van der Waals surface area contributed by atoms with Crippen LogP contribution in [0.25, 0.3) is 10.9 Å². The molecule has 0 radical (unpaired) electrons. The Bertz CT molecular complexity index is 1580. The van der Waals surface area contributed by atoms with Crippen LogP contribution in [0, 0.1) is 0 Å². The molecule has 2 aliphatic rings. The van der Waals surface area contributed by atoms with Gasteiger partial charge in [0.2, 0.25) is 0 Å². The van der Waals surface area contributed by atoms with Gasteiger partial charge in [-0.3, -0.25) is 14.5 Å². The third-order valence-electron chi connectivity index (χ3n) is 6.87. The van der Waals surface area contributed by atoms with Crippen molar-refractivity contribution in [2.24, 2.45) is 0 Å². The van der Waals surface area contributed by atoms with Gasteiger partial charge in [0.1, 0.15) is 17.5 Å². The topological polar surface area (TPSA) is 74.9 Å². The number of fused-ring (bicyclic) bond motifs is 4. The molecular weight excluding hydrogens is 554 g/mol. The van der Waals surface area contributed by atoms with Crippen LogP contribution in [-0.2, 0) is 16.0 Å². The molecular formula is C28H22BrN3O4S. The number of rotatable bonds is 4. The smallest absolute Gasteiger partial charge is 0.308 e. The Labute approximate surface area is 227 Å². The molecule has 0 aliphatic carbocycles. The summed E-state index contributed by atoms with van der Waals surface area (Å²) in [5, 5.41) is 1.48. The number of esters is 1. The second-order valence-corrected chi connectivity index (χ2v) is 10.3. The van der Waals surface area contributed by atoms with Gasteiger partial charge in [-0.2, -0.15) is 0 Å². The number of benzene rings is 3. The lowest BCUT2D eigenvalue weighted by Crippen LogP contribution is -2.44. The quantitative estimate of drug-likeness (QED) is 0.196. The second kappa shape index (κ2) is 9.00. The van der Waals surface area contributed by atoms with E-state index in [-0.39, 0.29) is 11.9 Å². The van der Waals surface area contributed by atoms with E-state index < -0.39 is 12.0 Å². The average molecular weight is 576 g/mol. The molecule has 37 heavy (non-hydrogen) atoms. The molecule has 1 fully saturated rings. The number of thiocarbonyl (C=S) groups is 1. The average Bonchev–Trinajstić information content (AvgIpc) is 3.36. The highest BCUT2D eigenvalue weighted by Gasteiger charge is 2.51. The van der Waals surface area contributed by atoms with Crippen LogP contribution in [0.1, 0.15) is 29.8 Å². The van der Waals surface area contributed by atoms with Crippen molar-refractivity contribution in [1.82, 2.24) is 9.88 Å². The van der Waals surface area contributed by atoms with E-state index in [2.05, 4.69) is 27.0 Å². The summed E-state index contributed by atoms with van der Waals surface area (Å²) < 4.78 is 11.6. The molecule has 0 saturated carbocycles. The van der Waals surface area contributed by atoms with Gasteiger partial charge in [-0.1, -0.05) is 34.1 Å². The minimum Gasteiger partial charge on any atom is -0.497 e. The predicted molar refractivity (Wildman–Crippen MR) is 148 cm³/mol. The van der Waals surface area contributed by atoms with E-state index in [0.29, 0.717) is 23.0 Å². The van der Waals surface area contributed by atoms with Crippen LogP contribution < -0.4 is 14.4 Å². The summed E-state index contributed by atoms with van der Waals surface area (Å²) in [6.07, 6.45) is 0.511. The summed E-state index contributed by atoms with van der Waals surface area (Å²) in [7, 11) is 1.63. The van der Waals surface area contributed by atoms with E-state index in [0.717, 1.165) is 37.9 Å². The maximum Gasteiger partial charge on any atom is 0.308 e. The van der Waals surface area contributed by atoms with E-state index in [1.807, 2.05) is 41.3 Å². The Kier molecular flexibility index (Phi) is 5.77. The molecule has 0 spiro atoms. The number of H-pyrrole nitrogens is 1. The van der Waals surface area contributed by atoms with Gasteiger partial charge in [0, 0.05) is 40.5 Å². The van der Waals surface area contributed by atoms with E-state index in [9.17, 15) is 9.59 Å². The van der Waals surface area contributed by atoms with Gasteiger partial charge >= 0.3 is 5.97 Å². The monoisotopic (exact) mass is 575 g/mol. The van der Waals surface area contributed by atoms with Gasteiger partial charge in [-0.25, -0.2) is 0 Å². The number of carbonyl (C=O) groups is 2. The number of aromatic nitrogens is 1. The highest BCUT2D eigenvalue weighted by molar-refractivity contribution is 9.10. The van der Waals surface area contributed by atoms with Crippen LogP contribution in [0.15, 0.2) is 71.2 Å². The minimum atomic E-state index is -0.484. The second-order valence-electron chi connectivity index (χ2n) is 9.06. The number of hydrogen-bond donors (Lipinski definition) is 1. The summed E-state index contributed by atoms with van der Waals surface area (Å²) in [4.78, 5) is 32.6. The van der Waals surface area contributed by atoms with Gasteiger partial charge in [-0.05, 0) is 65.8 Å². The highest BCUT2D eigenvalue weighted by atomic mass is 79.9. The molecule has 1 saturated heterocycles. The molecule has 3 aromatic carbocycles. The lowest BCUT2D eigenvalue weighted by Gasteiger charge is -2.37. The van der Waals surface area contributed by atoms with E-state index >= 15 is 0 Å². The molecule has 0 bridgehead atoms. The third-order valence-corrected chi connectivity index (χ3v) is 7.76. The molecule has 9 heteroatoms. The molecule has 186 valence electrons. The van der Waals surface area contributed by atoms with Crippen molar-refractivity contribution in [2.75, 3.05) is 12.0 Å². The molecule has 2 atom stereocenters. The predicted octanol–water partition coefficient (Wildman–Crippen LogP) is 5.51. The minimum absolute atomic E-state index is 0.113. The Balaban J connectivity index is 1.49. The molecule has 6 rings (SSSR count). The third kappa shape index (κ3) is 3.89. The van der Waals surface area contributed by atoms with Crippen LogP contribution in [0.4, 0.5) is 5.69 Å². The fourth-order valence-electron chi connectivity index (χ4n) is 5.32. The Morgan fingerprint density at radius 2 is 1.86 bits per heavy atom. The zero-order chi connectivity index (χ0) is 25.8. The van der Waals surface area contributed by atoms with Gasteiger partial charge in [0.15, 0.2) is 5.11 Å². The first-order chi connectivity index (χ1) is 17.9. The summed E-state index contributed by atoms with van der Waals surface area (Å²) in [6, 6.07) is 20.1. The van der Waals surface area contributed by atoms with Gasteiger partial charge in [0.25, 0.3) is 5.91 Å². The van der Waals surface area contributed by atoms with Gasteiger partial charge in [0.05, 0.1) is 18.8 Å². The largest absolute Gasteiger partial charge is 0.497 e. The normalized spacial score (nSPS) is 18.7. The number of nitrogens with zero attached hydrogens (tertiary/aromatic N) is 2. The van der Waals surface area contributed by atoms with Crippen LogP contribution in [0.2, 0.25) is 0 Å². The highest BCUT2D eigenvalue weighted by Crippen LogP contribution is 2.45. The number of anilines is 1. The number of carbonyl (C=O) groups excluding carboxylic acids is 2. The molecule has 1 aromatic heterocycles. The number of hydrogen-bond acceptors (Lipinski definition) is 5. The van der Waals surface area contributed by atoms with Gasteiger partial charge in [-0.15, -0.1) is 0 Å². The van der Waals surface area contributed by atoms with Crippen molar-refractivity contribution in [3.63, 3.8) is 0 Å². The first-order valence-electron chi connectivity index (χ1n) is 11.7. The van der Waals surface area contributed by atoms with Crippen molar-refractivity contribution in [2.45, 2.75) is 25.4 Å². The number of halogens is 1. The van der Waals surface area contributed by atoms with Crippen molar-refractivity contribution >= 4 is 61.7 Å². The first kappa shape index (κ1) is 23.7. The molecule has 2 aliphatic heterocycles. The Hall–Kier alpha value is -3.69. The summed E-state index contributed by atoms with van der Waals surface area (Å²) in [5.41, 5.74) is 4.68. The van der Waals surface area contributed by atoms with Crippen LogP contribution in [0.3, 0.4) is 0 Å². The van der Waals surface area contributed by atoms with Crippen LogP contribution in [0.5, 0.6) is 11.5 Å². The first-order valence-corrected chi connectivity index (χ1v) is 12.9. The maximum absolute atomic E-state index is 13.9. The fourth-order valence-corrected chi connectivity index (χ4v) is 6.11. The van der Waals surface area contributed by atoms with E-state index in [1.165, 1.54) is 6.92 Å². The van der Waals surface area contributed by atoms with Crippen LogP contribution >= 0.6 is 28.1 Å².